The second kappa shape index (κ2) is 9.25. The minimum atomic E-state index is -0.235. The average Bonchev–Trinajstić information content (AvgIpc) is 2.62. The summed E-state index contributed by atoms with van der Waals surface area (Å²) in [5.41, 5.74) is 1.38. The molecule has 0 aromatic heterocycles. The topological polar surface area (TPSA) is 55.4 Å². The first kappa shape index (κ1) is 19.0. The number of ether oxygens (including phenoxy) is 1. The molecule has 0 aliphatic carbocycles. The number of methoxy groups -OCH3 is 1. The van der Waals surface area contributed by atoms with E-state index in [-0.39, 0.29) is 18.1 Å². The van der Waals surface area contributed by atoms with Gasteiger partial charge >= 0.3 is 0 Å². The van der Waals surface area contributed by atoms with Gasteiger partial charge in [0, 0.05) is 18.5 Å². The Hall–Kier alpha value is -2.30. The monoisotopic (exact) mass is 377 g/mol. The van der Waals surface area contributed by atoms with Crippen LogP contribution in [-0.2, 0) is 11.3 Å². The average molecular weight is 378 g/mol. The van der Waals surface area contributed by atoms with E-state index in [1.54, 1.807) is 19.2 Å². The molecule has 0 bridgehead atoms. The Morgan fingerprint density at radius 1 is 1.08 bits per heavy atom. The first-order valence-corrected chi connectivity index (χ1v) is 8.30. The molecular weight excluding hydrogens is 361 g/mol. The zero-order valence-electron chi connectivity index (χ0n) is 13.6. The van der Waals surface area contributed by atoms with E-state index in [4.69, 9.17) is 27.9 Å². The highest BCUT2D eigenvalue weighted by molar-refractivity contribution is 6.42. The molecule has 2 aromatic carbocycles. The molecule has 6 heteroatoms. The van der Waals surface area contributed by atoms with E-state index in [9.17, 15) is 9.59 Å². The summed E-state index contributed by atoms with van der Waals surface area (Å²) in [5, 5.41) is 3.49. The number of carbonyl (C=O) groups is 2. The minimum absolute atomic E-state index is 0.114. The number of hydrogen-bond donors (Lipinski definition) is 1. The molecule has 0 saturated heterocycles. The molecule has 1 amide bonds. The van der Waals surface area contributed by atoms with Crippen molar-refractivity contribution in [3.8, 4) is 5.75 Å². The molecule has 0 spiro atoms. The van der Waals surface area contributed by atoms with E-state index in [0.29, 0.717) is 22.2 Å². The summed E-state index contributed by atoms with van der Waals surface area (Å²) in [7, 11) is 1.60. The summed E-state index contributed by atoms with van der Waals surface area (Å²) in [6, 6.07) is 12.1. The fourth-order valence-electron chi connectivity index (χ4n) is 2.03. The fourth-order valence-corrected chi connectivity index (χ4v) is 2.33. The van der Waals surface area contributed by atoms with Gasteiger partial charge in [-0.2, -0.15) is 0 Å². The van der Waals surface area contributed by atoms with E-state index in [1.807, 2.05) is 24.3 Å². The smallest absolute Gasteiger partial charge is 0.224 e. The standard InChI is InChI=1S/C19H17Cl2NO3/c1-25-15-8-5-13(6-9-15)12-22-19(24)4-2-3-18(23)14-7-10-16(20)17(21)11-14/h2-3,5-11H,4,12H2,1H3,(H,22,24)/b3-2+. The highest BCUT2D eigenvalue weighted by atomic mass is 35.5. The summed E-state index contributed by atoms with van der Waals surface area (Å²) in [4.78, 5) is 23.8. The van der Waals surface area contributed by atoms with Crippen molar-refractivity contribution in [1.82, 2.24) is 5.32 Å². The third kappa shape index (κ3) is 5.93. The van der Waals surface area contributed by atoms with Gasteiger partial charge in [0.2, 0.25) is 5.91 Å². The molecule has 0 radical (unpaired) electrons. The zero-order valence-corrected chi connectivity index (χ0v) is 15.1. The first-order valence-electron chi connectivity index (χ1n) is 7.55. The van der Waals surface area contributed by atoms with Gasteiger partial charge in [0.05, 0.1) is 17.2 Å². The van der Waals surface area contributed by atoms with Gasteiger partial charge in [0.25, 0.3) is 0 Å². The summed E-state index contributed by atoms with van der Waals surface area (Å²) in [6.07, 6.45) is 2.99. The predicted molar refractivity (Wildman–Crippen MR) is 99.4 cm³/mol. The lowest BCUT2D eigenvalue weighted by Crippen LogP contribution is -2.21. The molecule has 4 nitrogen and oxygen atoms in total. The van der Waals surface area contributed by atoms with Crippen molar-refractivity contribution in [3.05, 3.63) is 75.8 Å². The van der Waals surface area contributed by atoms with Crippen LogP contribution in [0, 0.1) is 0 Å². The number of carbonyl (C=O) groups excluding carboxylic acids is 2. The highest BCUT2D eigenvalue weighted by Gasteiger charge is 2.05. The molecular formula is C19H17Cl2NO3. The van der Waals surface area contributed by atoms with E-state index >= 15 is 0 Å². The van der Waals surface area contributed by atoms with Crippen molar-refractivity contribution < 1.29 is 14.3 Å². The van der Waals surface area contributed by atoms with Crippen molar-refractivity contribution in [2.45, 2.75) is 13.0 Å². The van der Waals surface area contributed by atoms with Crippen LogP contribution in [-0.4, -0.2) is 18.8 Å². The van der Waals surface area contributed by atoms with Crippen molar-refractivity contribution in [2.24, 2.45) is 0 Å². The molecule has 0 aliphatic rings. The molecule has 2 aromatic rings. The second-order valence-corrected chi connectivity index (χ2v) is 6.04. The van der Waals surface area contributed by atoms with Crippen LogP contribution in [0.15, 0.2) is 54.6 Å². The lowest BCUT2D eigenvalue weighted by Gasteiger charge is -2.05. The Bertz CT molecular complexity index is 786. The Balaban J connectivity index is 1.81. The maximum atomic E-state index is 12.0. The second-order valence-electron chi connectivity index (χ2n) is 5.22. The van der Waals surface area contributed by atoms with Crippen LogP contribution in [0.5, 0.6) is 5.75 Å². The van der Waals surface area contributed by atoms with Crippen molar-refractivity contribution in [3.63, 3.8) is 0 Å². The van der Waals surface area contributed by atoms with Gasteiger partial charge in [-0.15, -0.1) is 0 Å². The first-order chi connectivity index (χ1) is 12.0. The molecule has 130 valence electrons. The third-order valence-corrected chi connectivity index (χ3v) is 4.16. The van der Waals surface area contributed by atoms with Gasteiger partial charge in [0.1, 0.15) is 5.75 Å². The number of ketones is 1. The molecule has 25 heavy (non-hydrogen) atoms. The van der Waals surface area contributed by atoms with E-state index in [2.05, 4.69) is 5.32 Å². The number of allylic oxidation sites excluding steroid dienone is 1. The zero-order chi connectivity index (χ0) is 18.2. The summed E-state index contributed by atoms with van der Waals surface area (Å²) >= 11 is 11.7. The maximum Gasteiger partial charge on any atom is 0.224 e. The molecule has 0 saturated carbocycles. The molecule has 2 rings (SSSR count). The quantitative estimate of drug-likeness (QED) is 0.572. The van der Waals surface area contributed by atoms with Gasteiger partial charge in [-0.25, -0.2) is 0 Å². The van der Waals surface area contributed by atoms with E-state index in [0.717, 1.165) is 11.3 Å². The van der Waals surface area contributed by atoms with Gasteiger partial charge in [0.15, 0.2) is 5.78 Å². The summed E-state index contributed by atoms with van der Waals surface area (Å²) < 4.78 is 5.08. The highest BCUT2D eigenvalue weighted by Crippen LogP contribution is 2.22. The summed E-state index contributed by atoms with van der Waals surface area (Å²) in [6.45, 7) is 0.414. The number of halogens is 2. The van der Waals surface area contributed by atoms with Crippen molar-refractivity contribution >= 4 is 34.9 Å². The van der Waals surface area contributed by atoms with E-state index in [1.165, 1.54) is 18.2 Å². The van der Waals surface area contributed by atoms with Crippen LogP contribution in [0.1, 0.15) is 22.3 Å². The SMILES string of the molecule is COc1ccc(CNC(=O)C/C=C/C(=O)c2ccc(Cl)c(Cl)c2)cc1. The normalized spacial score (nSPS) is 10.7. The Morgan fingerprint density at radius 2 is 1.80 bits per heavy atom. The molecule has 1 N–H and O–H groups in total. The Morgan fingerprint density at radius 3 is 2.44 bits per heavy atom. The minimum Gasteiger partial charge on any atom is -0.497 e. The van der Waals surface area contributed by atoms with Gasteiger partial charge < -0.3 is 10.1 Å². The molecule has 0 atom stereocenters. The number of benzene rings is 2. The van der Waals surface area contributed by atoms with Crippen LogP contribution in [0.25, 0.3) is 0 Å². The molecule has 0 heterocycles. The number of rotatable bonds is 7. The van der Waals surface area contributed by atoms with E-state index < -0.39 is 0 Å². The molecule has 0 aliphatic heterocycles. The van der Waals surface area contributed by atoms with Gasteiger partial charge in [-0.1, -0.05) is 41.4 Å². The maximum absolute atomic E-state index is 12.0. The summed E-state index contributed by atoms with van der Waals surface area (Å²) in [5.74, 6) is 0.356. The van der Waals surface area contributed by atoms with Crippen LogP contribution >= 0.6 is 23.2 Å². The Kier molecular flexibility index (Phi) is 7.04. The molecule has 0 fully saturated rings. The largest absolute Gasteiger partial charge is 0.497 e. The third-order valence-electron chi connectivity index (χ3n) is 3.43. The number of nitrogens with one attached hydrogen (secondary N) is 1. The fraction of sp³-hybridized carbons (Fsp3) is 0.158. The van der Waals surface area contributed by atoms with Crippen LogP contribution in [0.2, 0.25) is 10.0 Å². The van der Waals surface area contributed by atoms with Gasteiger partial charge in [-0.05, 0) is 42.0 Å². The van der Waals surface area contributed by atoms with Crippen molar-refractivity contribution in [1.29, 1.82) is 0 Å². The van der Waals surface area contributed by atoms with Crippen LogP contribution < -0.4 is 10.1 Å². The van der Waals surface area contributed by atoms with Crippen molar-refractivity contribution in [2.75, 3.05) is 7.11 Å². The molecule has 0 unspecified atom stereocenters. The van der Waals surface area contributed by atoms with Gasteiger partial charge in [-0.3, -0.25) is 9.59 Å². The van der Waals surface area contributed by atoms with Crippen LogP contribution in [0.3, 0.4) is 0 Å². The number of amides is 1. The van der Waals surface area contributed by atoms with Crippen LogP contribution in [0.4, 0.5) is 0 Å². The lowest BCUT2D eigenvalue weighted by molar-refractivity contribution is -0.120. The number of hydrogen-bond acceptors (Lipinski definition) is 3. The Labute approximate surface area is 156 Å². The lowest BCUT2D eigenvalue weighted by atomic mass is 10.1. The predicted octanol–water partition coefficient (Wildman–Crippen LogP) is 4.45.